The Labute approximate surface area is 173 Å². The van der Waals surface area contributed by atoms with Gasteiger partial charge in [-0.3, -0.25) is 9.69 Å². The fraction of sp³-hybridized carbons (Fsp3) is 0.478. The first-order valence-corrected chi connectivity index (χ1v) is 10.3. The molecule has 1 amide bonds. The van der Waals surface area contributed by atoms with Crippen molar-refractivity contribution in [3.05, 3.63) is 52.7 Å². The topological polar surface area (TPSA) is 70.3 Å². The van der Waals surface area contributed by atoms with Crippen LogP contribution in [0, 0.1) is 25.2 Å². The Morgan fingerprint density at radius 3 is 2.72 bits per heavy atom. The summed E-state index contributed by atoms with van der Waals surface area (Å²) in [4.78, 5) is 14.9. The van der Waals surface area contributed by atoms with Crippen molar-refractivity contribution in [1.82, 2.24) is 9.47 Å². The van der Waals surface area contributed by atoms with Crippen LogP contribution in [0.5, 0.6) is 0 Å². The second-order valence-corrected chi connectivity index (χ2v) is 7.63. The lowest BCUT2D eigenvalue weighted by Gasteiger charge is -2.21. The Balaban J connectivity index is 1.74. The Morgan fingerprint density at radius 1 is 1.34 bits per heavy atom. The van der Waals surface area contributed by atoms with Crippen molar-refractivity contribution in [3.8, 4) is 6.07 Å². The van der Waals surface area contributed by atoms with E-state index in [4.69, 9.17) is 4.74 Å². The Hall–Kier alpha value is -2.62. The van der Waals surface area contributed by atoms with E-state index in [1.54, 1.807) is 0 Å². The van der Waals surface area contributed by atoms with Crippen LogP contribution in [0.25, 0.3) is 0 Å². The van der Waals surface area contributed by atoms with Crippen LogP contribution in [0.1, 0.15) is 42.1 Å². The summed E-state index contributed by atoms with van der Waals surface area (Å²) < 4.78 is 7.82. The van der Waals surface area contributed by atoms with Gasteiger partial charge in [0, 0.05) is 18.8 Å². The Kier molecular flexibility index (Phi) is 7.08. The summed E-state index contributed by atoms with van der Waals surface area (Å²) in [6, 6.07) is 12.4. The number of hydrogen-bond donors (Lipinski definition) is 1. The maximum absolute atomic E-state index is 12.8. The Bertz CT molecular complexity index is 877. The number of aromatic nitrogens is 1. The molecule has 1 fully saturated rings. The molecule has 2 aromatic rings. The first-order chi connectivity index (χ1) is 14.0. The van der Waals surface area contributed by atoms with E-state index in [1.807, 2.05) is 43.5 Å². The van der Waals surface area contributed by atoms with Crippen LogP contribution in [-0.4, -0.2) is 41.2 Å². The van der Waals surface area contributed by atoms with Gasteiger partial charge in [-0.25, -0.2) is 0 Å². The molecule has 0 aliphatic carbocycles. The lowest BCUT2D eigenvalue weighted by Crippen LogP contribution is -2.33. The van der Waals surface area contributed by atoms with Gasteiger partial charge < -0.3 is 14.6 Å². The van der Waals surface area contributed by atoms with E-state index in [0.29, 0.717) is 24.5 Å². The summed E-state index contributed by atoms with van der Waals surface area (Å²) >= 11 is 0. The lowest BCUT2D eigenvalue weighted by atomic mass is 10.2. The summed E-state index contributed by atoms with van der Waals surface area (Å²) in [5, 5.41) is 12.7. The molecule has 0 unspecified atom stereocenters. The first kappa shape index (κ1) is 21.1. The molecule has 1 aromatic heterocycles. The predicted octanol–water partition coefficient (Wildman–Crippen LogP) is 3.62. The Morgan fingerprint density at radius 2 is 2.10 bits per heavy atom. The molecule has 1 aliphatic rings. The van der Waals surface area contributed by atoms with Crippen molar-refractivity contribution in [2.75, 3.05) is 25.0 Å². The molecule has 0 spiro atoms. The predicted molar refractivity (Wildman–Crippen MR) is 114 cm³/mol. The van der Waals surface area contributed by atoms with Crippen LogP contribution in [0.4, 0.5) is 5.82 Å². The van der Waals surface area contributed by atoms with E-state index in [-0.39, 0.29) is 18.6 Å². The highest BCUT2D eigenvalue weighted by Gasteiger charge is 2.24. The average molecular weight is 395 g/mol. The zero-order valence-electron chi connectivity index (χ0n) is 17.6. The minimum absolute atomic E-state index is 0.106. The van der Waals surface area contributed by atoms with E-state index in [1.165, 1.54) is 5.56 Å². The zero-order chi connectivity index (χ0) is 20.8. The van der Waals surface area contributed by atoms with Gasteiger partial charge in [-0.15, -0.1) is 0 Å². The van der Waals surface area contributed by atoms with Gasteiger partial charge in [0.05, 0.1) is 24.8 Å². The third kappa shape index (κ3) is 5.06. The van der Waals surface area contributed by atoms with Gasteiger partial charge in [0.25, 0.3) is 0 Å². The van der Waals surface area contributed by atoms with Gasteiger partial charge in [0.15, 0.2) is 0 Å². The van der Waals surface area contributed by atoms with Gasteiger partial charge in [0.2, 0.25) is 5.91 Å². The van der Waals surface area contributed by atoms with Crippen LogP contribution >= 0.6 is 0 Å². The highest BCUT2D eigenvalue weighted by Crippen LogP contribution is 2.28. The molecule has 154 valence electrons. The normalized spacial score (nSPS) is 16.2. The van der Waals surface area contributed by atoms with E-state index >= 15 is 0 Å². The third-order valence-electron chi connectivity index (χ3n) is 5.67. The molecular weight excluding hydrogens is 364 g/mol. The number of nitriles is 1. The maximum atomic E-state index is 12.8. The number of nitrogens with one attached hydrogen (secondary N) is 1. The number of carbonyl (C=O) groups is 1. The monoisotopic (exact) mass is 394 g/mol. The molecule has 1 N–H and O–H groups in total. The molecule has 2 heterocycles. The van der Waals surface area contributed by atoms with Crippen molar-refractivity contribution in [2.24, 2.45) is 0 Å². The van der Waals surface area contributed by atoms with Crippen LogP contribution in [-0.2, 0) is 22.6 Å². The number of amides is 1. The van der Waals surface area contributed by atoms with Crippen molar-refractivity contribution >= 4 is 11.7 Å². The molecule has 1 atom stereocenters. The number of nitrogens with zero attached hydrogens (tertiary/aromatic N) is 3. The molecule has 0 bridgehead atoms. The third-order valence-corrected chi connectivity index (χ3v) is 5.67. The van der Waals surface area contributed by atoms with Gasteiger partial charge in [0.1, 0.15) is 11.9 Å². The minimum Gasteiger partial charge on any atom is -0.376 e. The zero-order valence-corrected chi connectivity index (χ0v) is 17.6. The van der Waals surface area contributed by atoms with Crippen molar-refractivity contribution in [3.63, 3.8) is 0 Å². The van der Waals surface area contributed by atoms with Gasteiger partial charge in [-0.05, 0) is 44.4 Å². The van der Waals surface area contributed by atoms with Crippen molar-refractivity contribution in [1.29, 1.82) is 5.26 Å². The second kappa shape index (κ2) is 9.73. The summed E-state index contributed by atoms with van der Waals surface area (Å²) in [6.07, 6.45) is 2.20. The molecule has 1 saturated heterocycles. The smallest absolute Gasteiger partial charge is 0.239 e. The maximum Gasteiger partial charge on any atom is 0.239 e. The molecule has 0 saturated carbocycles. The number of anilines is 1. The average Bonchev–Trinajstić information content (AvgIpc) is 3.31. The lowest BCUT2D eigenvalue weighted by molar-refractivity contribution is -0.117. The number of carbonyl (C=O) groups excluding carboxylic acids is 1. The molecule has 29 heavy (non-hydrogen) atoms. The minimum atomic E-state index is -0.106. The molecule has 0 radical (unpaired) electrons. The number of rotatable bonds is 8. The van der Waals surface area contributed by atoms with Crippen LogP contribution in [0.15, 0.2) is 30.3 Å². The van der Waals surface area contributed by atoms with E-state index in [0.717, 1.165) is 37.3 Å². The molecule has 3 rings (SSSR count). The highest BCUT2D eigenvalue weighted by atomic mass is 16.5. The largest absolute Gasteiger partial charge is 0.376 e. The molecule has 1 aliphatic heterocycles. The summed E-state index contributed by atoms with van der Waals surface area (Å²) in [5.41, 5.74) is 3.63. The number of benzene rings is 1. The van der Waals surface area contributed by atoms with E-state index in [2.05, 4.69) is 28.4 Å². The van der Waals surface area contributed by atoms with Gasteiger partial charge >= 0.3 is 0 Å². The van der Waals surface area contributed by atoms with Crippen LogP contribution in [0.2, 0.25) is 0 Å². The van der Waals surface area contributed by atoms with Gasteiger partial charge in [-0.1, -0.05) is 37.3 Å². The van der Waals surface area contributed by atoms with Crippen LogP contribution < -0.4 is 5.32 Å². The van der Waals surface area contributed by atoms with Crippen molar-refractivity contribution in [2.45, 2.75) is 52.8 Å². The summed E-state index contributed by atoms with van der Waals surface area (Å²) in [6.45, 7) is 9.17. The molecule has 6 heteroatoms. The van der Waals surface area contributed by atoms with Crippen LogP contribution in [0.3, 0.4) is 0 Å². The van der Waals surface area contributed by atoms with Crippen molar-refractivity contribution < 1.29 is 9.53 Å². The quantitative estimate of drug-likeness (QED) is 0.742. The SMILES string of the molecule is CCN(CC(=O)Nc1c(C#N)c(C)c(C)n1C[C@H]1CCCO1)Cc1ccccc1. The summed E-state index contributed by atoms with van der Waals surface area (Å²) in [5.74, 6) is 0.490. The molecule has 6 nitrogen and oxygen atoms in total. The molecule has 1 aromatic carbocycles. The fourth-order valence-electron chi connectivity index (χ4n) is 3.85. The number of likely N-dealkylation sites (N-methyl/N-ethyl adjacent to an activating group) is 1. The highest BCUT2D eigenvalue weighted by molar-refractivity contribution is 5.93. The summed E-state index contributed by atoms with van der Waals surface area (Å²) in [7, 11) is 0. The second-order valence-electron chi connectivity index (χ2n) is 7.63. The number of hydrogen-bond acceptors (Lipinski definition) is 4. The first-order valence-electron chi connectivity index (χ1n) is 10.3. The van der Waals surface area contributed by atoms with E-state index < -0.39 is 0 Å². The fourth-order valence-corrected chi connectivity index (χ4v) is 3.85. The van der Waals surface area contributed by atoms with E-state index in [9.17, 15) is 10.1 Å². The standard InChI is InChI=1S/C23H30N4O2/c1-4-26(14-19-9-6-5-7-10-19)16-22(28)25-23-21(13-24)17(2)18(3)27(23)15-20-11-8-12-29-20/h5-7,9-10,20H,4,8,11-12,14-16H2,1-3H3,(H,25,28)/t20-/m1/s1. The number of ether oxygens (including phenoxy) is 1. The van der Waals surface area contributed by atoms with Gasteiger partial charge in [-0.2, -0.15) is 5.26 Å². The molecular formula is C23H30N4O2.